The molecule has 0 saturated carbocycles. The quantitative estimate of drug-likeness (QED) is 0.657. The molecule has 0 radical (unpaired) electrons. The fourth-order valence-corrected chi connectivity index (χ4v) is 2.16. The minimum absolute atomic E-state index is 0.0147. The number of aliphatic hydroxyl groups is 1. The molecule has 5 nitrogen and oxygen atoms in total. The van der Waals surface area contributed by atoms with Gasteiger partial charge in [0.05, 0.1) is 6.61 Å². The number of ether oxygens (including phenoxy) is 2. The van der Waals surface area contributed by atoms with Crippen molar-refractivity contribution in [1.29, 1.82) is 0 Å². The lowest BCUT2D eigenvalue weighted by Crippen LogP contribution is -2.38. The van der Waals surface area contributed by atoms with Gasteiger partial charge < -0.3 is 19.9 Å². The van der Waals surface area contributed by atoms with Crippen LogP contribution in [0.5, 0.6) is 11.5 Å². The molecule has 0 aliphatic carbocycles. The van der Waals surface area contributed by atoms with Crippen LogP contribution in [0.4, 0.5) is 0 Å². The van der Waals surface area contributed by atoms with Crippen LogP contribution >= 0.6 is 0 Å². The van der Waals surface area contributed by atoms with E-state index in [9.17, 15) is 4.79 Å². The summed E-state index contributed by atoms with van der Waals surface area (Å²) in [4.78, 5) is 11.9. The molecular weight excluding hydrogens is 294 g/mol. The van der Waals surface area contributed by atoms with Gasteiger partial charge in [0.1, 0.15) is 11.5 Å². The highest BCUT2D eigenvalue weighted by atomic mass is 16.5. The summed E-state index contributed by atoms with van der Waals surface area (Å²) in [5, 5.41) is 12.0. The molecule has 2 atom stereocenters. The highest BCUT2D eigenvalue weighted by molar-refractivity contribution is 5.77. The fraction of sp³-hybridized carbons (Fsp3) is 0.611. The van der Waals surface area contributed by atoms with Crippen LogP contribution in [0.2, 0.25) is 0 Å². The van der Waals surface area contributed by atoms with E-state index in [-0.39, 0.29) is 31.1 Å². The van der Waals surface area contributed by atoms with Crippen molar-refractivity contribution < 1.29 is 19.4 Å². The third-order valence-corrected chi connectivity index (χ3v) is 3.52. The van der Waals surface area contributed by atoms with E-state index in [0.717, 1.165) is 25.0 Å². The van der Waals surface area contributed by atoms with E-state index in [2.05, 4.69) is 12.2 Å². The number of nitrogens with one attached hydrogen (secondary N) is 1. The Hall–Kier alpha value is -1.75. The number of hydrogen-bond donors (Lipinski definition) is 2. The number of hydrogen-bond acceptors (Lipinski definition) is 4. The van der Waals surface area contributed by atoms with Gasteiger partial charge in [-0.05, 0) is 49.4 Å². The molecule has 0 spiro atoms. The van der Waals surface area contributed by atoms with Crippen molar-refractivity contribution >= 4 is 5.91 Å². The molecule has 1 aromatic rings. The second-order valence-electron chi connectivity index (χ2n) is 5.80. The fourth-order valence-electron chi connectivity index (χ4n) is 2.16. The Balaban J connectivity index is 2.37. The average Bonchev–Trinajstić information content (AvgIpc) is 2.58. The molecule has 0 saturated heterocycles. The lowest BCUT2D eigenvalue weighted by molar-refractivity contribution is -0.124. The Bertz CT molecular complexity index is 447. The first-order valence-electron chi connectivity index (χ1n) is 8.34. The standard InChI is InChI=1S/C18H29NO4/c1-4-10-22-16-6-8-17(9-7-16)23-13-18(21)19-15(5-2)11-14(3)12-20/h6-9,14-15,20H,4-5,10-13H2,1-3H3,(H,19,21)/t14-,15+/m0/s1. The molecule has 0 fully saturated rings. The minimum atomic E-state index is -0.145. The number of aliphatic hydroxyl groups excluding tert-OH is 1. The maximum absolute atomic E-state index is 11.9. The second-order valence-corrected chi connectivity index (χ2v) is 5.80. The lowest BCUT2D eigenvalue weighted by atomic mass is 10.0. The summed E-state index contributed by atoms with van der Waals surface area (Å²) in [6.07, 6.45) is 2.56. The van der Waals surface area contributed by atoms with Crippen molar-refractivity contribution in [2.75, 3.05) is 19.8 Å². The number of benzene rings is 1. The van der Waals surface area contributed by atoms with Crippen LogP contribution < -0.4 is 14.8 Å². The zero-order valence-electron chi connectivity index (χ0n) is 14.4. The summed E-state index contributed by atoms with van der Waals surface area (Å²) in [7, 11) is 0. The summed E-state index contributed by atoms with van der Waals surface area (Å²) in [6, 6.07) is 7.33. The number of carbonyl (C=O) groups is 1. The van der Waals surface area contributed by atoms with Gasteiger partial charge in [0.25, 0.3) is 5.91 Å². The van der Waals surface area contributed by atoms with Crippen LogP contribution in [-0.4, -0.2) is 36.9 Å². The van der Waals surface area contributed by atoms with Crippen LogP contribution in [0.25, 0.3) is 0 Å². The van der Waals surface area contributed by atoms with Gasteiger partial charge >= 0.3 is 0 Å². The normalized spacial score (nSPS) is 13.2. The van der Waals surface area contributed by atoms with E-state index in [4.69, 9.17) is 14.6 Å². The third kappa shape index (κ3) is 7.88. The molecule has 0 aliphatic rings. The lowest BCUT2D eigenvalue weighted by Gasteiger charge is -2.20. The van der Waals surface area contributed by atoms with E-state index >= 15 is 0 Å². The topological polar surface area (TPSA) is 67.8 Å². The van der Waals surface area contributed by atoms with Gasteiger partial charge in [0, 0.05) is 12.6 Å². The van der Waals surface area contributed by atoms with Gasteiger partial charge in [-0.1, -0.05) is 20.8 Å². The molecule has 5 heteroatoms. The minimum Gasteiger partial charge on any atom is -0.494 e. The smallest absolute Gasteiger partial charge is 0.258 e. The molecular formula is C18H29NO4. The predicted octanol–water partition coefficient (Wildman–Crippen LogP) is 2.77. The van der Waals surface area contributed by atoms with E-state index in [1.54, 1.807) is 12.1 Å². The summed E-state index contributed by atoms with van der Waals surface area (Å²) in [5.41, 5.74) is 0. The van der Waals surface area contributed by atoms with Crippen molar-refractivity contribution in [3.8, 4) is 11.5 Å². The molecule has 0 aliphatic heterocycles. The molecule has 0 aromatic heterocycles. The molecule has 1 rings (SSSR count). The molecule has 0 bridgehead atoms. The first-order chi connectivity index (χ1) is 11.1. The zero-order chi connectivity index (χ0) is 17.1. The highest BCUT2D eigenvalue weighted by Crippen LogP contribution is 2.17. The Morgan fingerprint density at radius 3 is 2.30 bits per heavy atom. The SMILES string of the molecule is CCCOc1ccc(OCC(=O)N[C@H](CC)C[C@H](C)CO)cc1. The van der Waals surface area contributed by atoms with Crippen LogP contribution in [0.3, 0.4) is 0 Å². The van der Waals surface area contributed by atoms with Gasteiger partial charge in [0.15, 0.2) is 6.61 Å². The van der Waals surface area contributed by atoms with Crippen molar-refractivity contribution in [3.05, 3.63) is 24.3 Å². The van der Waals surface area contributed by atoms with Crippen molar-refractivity contribution in [1.82, 2.24) is 5.32 Å². The van der Waals surface area contributed by atoms with Crippen molar-refractivity contribution in [3.63, 3.8) is 0 Å². The Labute approximate surface area is 139 Å². The number of amides is 1. The van der Waals surface area contributed by atoms with E-state index in [1.165, 1.54) is 0 Å². The van der Waals surface area contributed by atoms with Crippen LogP contribution in [-0.2, 0) is 4.79 Å². The predicted molar refractivity (Wildman–Crippen MR) is 90.8 cm³/mol. The van der Waals surface area contributed by atoms with Gasteiger partial charge in [-0.25, -0.2) is 0 Å². The molecule has 1 amide bonds. The van der Waals surface area contributed by atoms with Crippen LogP contribution in [0, 0.1) is 5.92 Å². The maximum Gasteiger partial charge on any atom is 0.258 e. The maximum atomic E-state index is 11.9. The van der Waals surface area contributed by atoms with Crippen LogP contribution in [0.15, 0.2) is 24.3 Å². The van der Waals surface area contributed by atoms with Gasteiger partial charge in [-0.2, -0.15) is 0 Å². The Morgan fingerprint density at radius 1 is 1.17 bits per heavy atom. The summed E-state index contributed by atoms with van der Waals surface area (Å²) in [5.74, 6) is 1.47. The van der Waals surface area contributed by atoms with Crippen molar-refractivity contribution in [2.24, 2.45) is 5.92 Å². The van der Waals surface area contributed by atoms with E-state index in [0.29, 0.717) is 12.4 Å². The molecule has 23 heavy (non-hydrogen) atoms. The number of rotatable bonds is 11. The summed E-state index contributed by atoms with van der Waals surface area (Å²) < 4.78 is 11.0. The highest BCUT2D eigenvalue weighted by Gasteiger charge is 2.14. The third-order valence-electron chi connectivity index (χ3n) is 3.52. The summed E-state index contributed by atoms with van der Waals surface area (Å²) in [6.45, 7) is 6.85. The molecule has 0 heterocycles. The second kappa shape index (κ2) is 10.9. The Kier molecular flexibility index (Phi) is 9.14. The zero-order valence-corrected chi connectivity index (χ0v) is 14.4. The molecule has 2 N–H and O–H groups in total. The molecule has 1 aromatic carbocycles. The van der Waals surface area contributed by atoms with E-state index < -0.39 is 0 Å². The van der Waals surface area contributed by atoms with Gasteiger partial charge in [0.2, 0.25) is 0 Å². The summed E-state index contributed by atoms with van der Waals surface area (Å²) >= 11 is 0. The molecule has 0 unspecified atom stereocenters. The first-order valence-corrected chi connectivity index (χ1v) is 8.34. The monoisotopic (exact) mass is 323 g/mol. The van der Waals surface area contributed by atoms with Crippen LogP contribution in [0.1, 0.15) is 40.0 Å². The Morgan fingerprint density at radius 2 is 1.78 bits per heavy atom. The van der Waals surface area contributed by atoms with E-state index in [1.807, 2.05) is 26.0 Å². The number of carbonyl (C=O) groups excluding carboxylic acids is 1. The average molecular weight is 323 g/mol. The molecule has 130 valence electrons. The van der Waals surface area contributed by atoms with Gasteiger partial charge in [-0.3, -0.25) is 4.79 Å². The largest absolute Gasteiger partial charge is 0.494 e. The van der Waals surface area contributed by atoms with Crippen molar-refractivity contribution in [2.45, 2.75) is 46.1 Å². The van der Waals surface area contributed by atoms with Gasteiger partial charge in [-0.15, -0.1) is 0 Å². The first kappa shape index (κ1) is 19.3.